The van der Waals surface area contributed by atoms with Crippen LogP contribution in [0.25, 0.3) is 0 Å². The predicted molar refractivity (Wildman–Crippen MR) is 86.8 cm³/mol. The molecule has 0 aliphatic carbocycles. The Kier molecular flexibility index (Phi) is 5.20. The van der Waals surface area contributed by atoms with Crippen molar-refractivity contribution in [3.8, 4) is 0 Å². The predicted octanol–water partition coefficient (Wildman–Crippen LogP) is 3.42. The number of anilines is 1. The zero-order valence-electron chi connectivity index (χ0n) is 14.1. The topological polar surface area (TPSA) is 38.2 Å². The largest absolute Gasteiger partial charge is 0.379 e. The summed E-state index contributed by atoms with van der Waals surface area (Å²) in [5, 5.41) is 0. The first-order valence-corrected chi connectivity index (χ1v) is 8.05. The molecule has 21 heavy (non-hydrogen) atoms. The molecule has 0 aromatic carbocycles. The second-order valence-electron chi connectivity index (χ2n) is 7.33. The van der Waals surface area contributed by atoms with E-state index in [0.717, 1.165) is 38.5 Å². The van der Waals surface area contributed by atoms with Crippen LogP contribution in [0.4, 0.5) is 5.95 Å². The molecule has 0 radical (unpaired) electrons. The van der Waals surface area contributed by atoms with Gasteiger partial charge < -0.3 is 9.64 Å². The molecule has 0 N–H and O–H groups in total. The number of hydrogen-bond donors (Lipinski definition) is 0. The van der Waals surface area contributed by atoms with Gasteiger partial charge in [0.1, 0.15) is 0 Å². The summed E-state index contributed by atoms with van der Waals surface area (Å²) in [6.45, 7) is 13.7. The van der Waals surface area contributed by atoms with Crippen molar-refractivity contribution >= 4 is 5.95 Å². The summed E-state index contributed by atoms with van der Waals surface area (Å²) in [7, 11) is 0. The zero-order valence-corrected chi connectivity index (χ0v) is 14.1. The minimum Gasteiger partial charge on any atom is -0.379 e. The van der Waals surface area contributed by atoms with E-state index in [1.165, 1.54) is 5.56 Å². The van der Waals surface area contributed by atoms with Gasteiger partial charge in [0.15, 0.2) is 0 Å². The van der Waals surface area contributed by atoms with Gasteiger partial charge in [0.2, 0.25) is 5.95 Å². The van der Waals surface area contributed by atoms with Crippen LogP contribution < -0.4 is 4.90 Å². The number of aromatic nitrogens is 2. The molecule has 0 unspecified atom stereocenters. The van der Waals surface area contributed by atoms with E-state index in [4.69, 9.17) is 4.74 Å². The minimum absolute atomic E-state index is 0.111. The third-order valence-corrected chi connectivity index (χ3v) is 4.07. The Bertz CT molecular complexity index is 428. The average Bonchev–Trinajstić information content (AvgIpc) is 2.45. The van der Waals surface area contributed by atoms with E-state index in [1.807, 2.05) is 12.4 Å². The maximum Gasteiger partial charge on any atom is 0.225 e. The van der Waals surface area contributed by atoms with Gasteiger partial charge in [-0.2, -0.15) is 0 Å². The molecule has 4 nitrogen and oxygen atoms in total. The van der Waals surface area contributed by atoms with Crippen LogP contribution >= 0.6 is 0 Å². The van der Waals surface area contributed by atoms with E-state index >= 15 is 0 Å². The molecule has 0 saturated carbocycles. The van der Waals surface area contributed by atoms with Gasteiger partial charge in [-0.15, -0.1) is 0 Å². The van der Waals surface area contributed by atoms with Gasteiger partial charge in [0.05, 0.1) is 6.10 Å². The van der Waals surface area contributed by atoms with Crippen molar-refractivity contribution in [1.82, 2.24) is 9.97 Å². The lowest BCUT2D eigenvalue weighted by atomic mass is 9.89. The van der Waals surface area contributed by atoms with Gasteiger partial charge in [-0.3, -0.25) is 0 Å². The molecule has 1 aliphatic heterocycles. The van der Waals surface area contributed by atoms with E-state index in [9.17, 15) is 0 Å². The van der Waals surface area contributed by atoms with Crippen LogP contribution in [0.3, 0.4) is 0 Å². The molecule has 0 amide bonds. The first kappa shape index (κ1) is 16.2. The molecule has 0 spiro atoms. The fourth-order valence-corrected chi connectivity index (χ4v) is 2.50. The van der Waals surface area contributed by atoms with Crippen LogP contribution in [0.5, 0.6) is 0 Å². The smallest absolute Gasteiger partial charge is 0.225 e. The van der Waals surface area contributed by atoms with Crippen molar-refractivity contribution in [2.75, 3.05) is 24.6 Å². The van der Waals surface area contributed by atoms with Gasteiger partial charge in [-0.05, 0) is 43.6 Å². The van der Waals surface area contributed by atoms with Crippen molar-refractivity contribution in [2.24, 2.45) is 5.92 Å². The highest BCUT2D eigenvalue weighted by molar-refractivity contribution is 5.31. The summed E-state index contributed by atoms with van der Waals surface area (Å²) < 4.78 is 5.73. The number of ether oxygens (including phenoxy) is 1. The van der Waals surface area contributed by atoms with Crippen molar-refractivity contribution in [2.45, 2.75) is 59.0 Å². The molecule has 0 bridgehead atoms. The molecule has 1 aromatic heterocycles. The lowest BCUT2D eigenvalue weighted by Gasteiger charge is -2.32. The van der Waals surface area contributed by atoms with E-state index in [0.29, 0.717) is 12.0 Å². The summed E-state index contributed by atoms with van der Waals surface area (Å²) in [5.74, 6) is 1.55. The summed E-state index contributed by atoms with van der Waals surface area (Å²) in [4.78, 5) is 11.4. The Balaban J connectivity index is 1.87. The third kappa shape index (κ3) is 4.67. The van der Waals surface area contributed by atoms with Gasteiger partial charge in [0.25, 0.3) is 0 Å². The minimum atomic E-state index is 0.111. The Labute approximate surface area is 128 Å². The standard InChI is InChI=1S/C17H29N3O/c1-13(2)21-12-14-6-8-20(9-7-14)16-18-10-15(11-19-16)17(3,4)5/h10-11,13-14H,6-9,12H2,1-5H3. The van der Waals surface area contributed by atoms with Crippen molar-refractivity contribution < 1.29 is 4.74 Å². The Morgan fingerprint density at radius 3 is 2.24 bits per heavy atom. The highest BCUT2D eigenvalue weighted by Crippen LogP contribution is 2.24. The van der Waals surface area contributed by atoms with Crippen molar-refractivity contribution in [1.29, 1.82) is 0 Å². The van der Waals surface area contributed by atoms with Crippen LogP contribution in [0.1, 0.15) is 53.0 Å². The van der Waals surface area contributed by atoms with Gasteiger partial charge in [-0.1, -0.05) is 20.8 Å². The van der Waals surface area contributed by atoms with Crippen molar-refractivity contribution in [3.05, 3.63) is 18.0 Å². The van der Waals surface area contributed by atoms with Gasteiger partial charge in [0, 0.05) is 32.1 Å². The first-order valence-electron chi connectivity index (χ1n) is 8.05. The fraction of sp³-hybridized carbons (Fsp3) is 0.765. The van der Waals surface area contributed by atoms with Crippen LogP contribution in [0.2, 0.25) is 0 Å². The molecule has 4 heteroatoms. The molecule has 0 atom stereocenters. The van der Waals surface area contributed by atoms with E-state index in [-0.39, 0.29) is 5.41 Å². The van der Waals surface area contributed by atoms with Gasteiger partial charge >= 0.3 is 0 Å². The van der Waals surface area contributed by atoms with Crippen LogP contribution in [-0.4, -0.2) is 35.8 Å². The van der Waals surface area contributed by atoms with E-state index in [2.05, 4.69) is 49.5 Å². The lowest BCUT2D eigenvalue weighted by molar-refractivity contribution is 0.0448. The second-order valence-corrected chi connectivity index (χ2v) is 7.33. The molecular formula is C17H29N3O. The molecular weight excluding hydrogens is 262 g/mol. The first-order chi connectivity index (χ1) is 9.86. The Hall–Kier alpha value is -1.16. The normalized spacial score (nSPS) is 17.5. The second kappa shape index (κ2) is 6.73. The van der Waals surface area contributed by atoms with E-state index < -0.39 is 0 Å². The number of rotatable bonds is 4. The molecule has 1 aliphatic rings. The molecule has 118 valence electrons. The highest BCUT2D eigenvalue weighted by Gasteiger charge is 2.22. The molecule has 1 fully saturated rings. The van der Waals surface area contributed by atoms with Crippen molar-refractivity contribution in [3.63, 3.8) is 0 Å². The fourth-order valence-electron chi connectivity index (χ4n) is 2.50. The maximum atomic E-state index is 5.73. The monoisotopic (exact) mass is 291 g/mol. The van der Waals surface area contributed by atoms with Crippen LogP contribution in [-0.2, 0) is 10.2 Å². The summed E-state index contributed by atoms with van der Waals surface area (Å²) >= 11 is 0. The molecule has 2 rings (SSSR count). The molecule has 1 aromatic rings. The van der Waals surface area contributed by atoms with E-state index in [1.54, 1.807) is 0 Å². The Morgan fingerprint density at radius 1 is 1.19 bits per heavy atom. The number of hydrogen-bond acceptors (Lipinski definition) is 4. The van der Waals surface area contributed by atoms with Gasteiger partial charge in [-0.25, -0.2) is 9.97 Å². The zero-order chi connectivity index (χ0) is 15.5. The number of nitrogens with zero attached hydrogens (tertiary/aromatic N) is 3. The highest BCUT2D eigenvalue weighted by atomic mass is 16.5. The SMILES string of the molecule is CC(C)OCC1CCN(c2ncc(C(C)(C)C)cn2)CC1. The summed E-state index contributed by atoms with van der Waals surface area (Å²) in [6.07, 6.45) is 6.59. The molecule has 2 heterocycles. The average molecular weight is 291 g/mol. The number of piperidine rings is 1. The summed E-state index contributed by atoms with van der Waals surface area (Å²) in [5.41, 5.74) is 1.30. The maximum absolute atomic E-state index is 5.73. The van der Waals surface area contributed by atoms with Crippen LogP contribution in [0, 0.1) is 5.92 Å². The van der Waals surface area contributed by atoms with Crippen LogP contribution in [0.15, 0.2) is 12.4 Å². The lowest BCUT2D eigenvalue weighted by Crippen LogP contribution is -2.36. The Morgan fingerprint density at radius 2 is 1.76 bits per heavy atom. The third-order valence-electron chi connectivity index (χ3n) is 4.07. The molecule has 1 saturated heterocycles. The summed E-state index contributed by atoms with van der Waals surface area (Å²) in [6, 6.07) is 0. The quantitative estimate of drug-likeness (QED) is 0.852.